The fourth-order valence-electron chi connectivity index (χ4n) is 1.05. The Kier molecular flexibility index (Phi) is 3.38. The van der Waals surface area contributed by atoms with Gasteiger partial charge in [-0.3, -0.25) is 14.9 Å². The molecule has 1 N–H and O–H groups in total. The number of nitro benzene ring substituents is 1. The van der Waals surface area contributed by atoms with Gasteiger partial charge in [0.15, 0.2) is 5.82 Å². The van der Waals surface area contributed by atoms with Crippen LogP contribution in [0.15, 0.2) is 6.07 Å². The van der Waals surface area contributed by atoms with E-state index in [0.717, 1.165) is 6.92 Å². The van der Waals surface area contributed by atoms with Crippen LogP contribution < -0.4 is 5.32 Å². The van der Waals surface area contributed by atoms with Gasteiger partial charge in [0.2, 0.25) is 11.7 Å². The van der Waals surface area contributed by atoms with E-state index in [2.05, 4.69) is 0 Å². The molecule has 1 rings (SSSR count). The maximum atomic E-state index is 13.1. The molecule has 0 heterocycles. The van der Waals surface area contributed by atoms with Crippen LogP contribution in [0.3, 0.4) is 0 Å². The van der Waals surface area contributed by atoms with Crippen LogP contribution in [0.2, 0.25) is 5.02 Å². The molecule has 8 heteroatoms. The first-order valence-electron chi connectivity index (χ1n) is 3.94. The summed E-state index contributed by atoms with van der Waals surface area (Å²) in [5.74, 6) is -3.81. The zero-order valence-electron chi connectivity index (χ0n) is 7.88. The predicted molar refractivity (Wildman–Crippen MR) is 52.3 cm³/mol. The van der Waals surface area contributed by atoms with E-state index in [1.54, 1.807) is 0 Å². The van der Waals surface area contributed by atoms with Gasteiger partial charge in [0, 0.05) is 6.92 Å². The lowest BCUT2D eigenvalue weighted by atomic mass is 10.2. The summed E-state index contributed by atoms with van der Waals surface area (Å²) in [6.07, 6.45) is 0. The molecule has 0 atom stereocenters. The molecule has 0 saturated heterocycles. The summed E-state index contributed by atoms with van der Waals surface area (Å²) in [6.45, 7) is 1.06. The summed E-state index contributed by atoms with van der Waals surface area (Å²) in [4.78, 5) is 20.1. The monoisotopic (exact) mass is 250 g/mol. The number of hydrogen-bond acceptors (Lipinski definition) is 3. The highest BCUT2D eigenvalue weighted by Crippen LogP contribution is 2.36. The molecule has 0 fully saturated rings. The van der Waals surface area contributed by atoms with Crippen molar-refractivity contribution in [2.45, 2.75) is 6.92 Å². The molecule has 0 unspecified atom stereocenters. The quantitative estimate of drug-likeness (QED) is 0.498. The molecule has 5 nitrogen and oxygen atoms in total. The van der Waals surface area contributed by atoms with Crippen molar-refractivity contribution >= 4 is 28.9 Å². The number of rotatable bonds is 2. The first-order chi connectivity index (χ1) is 7.34. The average molecular weight is 251 g/mol. The molecule has 0 aliphatic rings. The SMILES string of the molecule is CC(=O)Nc1c(Cl)cc(F)c(F)c1[N+](=O)[O-]. The summed E-state index contributed by atoms with van der Waals surface area (Å²) in [7, 11) is 0. The van der Waals surface area contributed by atoms with Crippen LogP contribution in [-0.2, 0) is 4.79 Å². The van der Waals surface area contributed by atoms with Gasteiger partial charge < -0.3 is 5.32 Å². The van der Waals surface area contributed by atoms with Crippen LogP contribution in [0.4, 0.5) is 20.2 Å². The van der Waals surface area contributed by atoms with Crippen LogP contribution >= 0.6 is 11.6 Å². The van der Waals surface area contributed by atoms with Gasteiger partial charge in [0.05, 0.1) is 9.95 Å². The Hall–Kier alpha value is -1.76. The number of anilines is 1. The van der Waals surface area contributed by atoms with Crippen LogP contribution in [0, 0.1) is 21.7 Å². The van der Waals surface area contributed by atoms with Crippen LogP contribution in [0.1, 0.15) is 6.92 Å². The molecule has 1 aromatic rings. The lowest BCUT2D eigenvalue weighted by molar-refractivity contribution is -0.386. The molecule has 0 radical (unpaired) electrons. The third-order valence-electron chi connectivity index (χ3n) is 1.63. The number of carbonyl (C=O) groups excluding carboxylic acids is 1. The van der Waals surface area contributed by atoms with Gasteiger partial charge >= 0.3 is 5.69 Å². The Morgan fingerprint density at radius 1 is 1.56 bits per heavy atom. The third kappa shape index (κ3) is 2.25. The highest BCUT2D eigenvalue weighted by molar-refractivity contribution is 6.34. The second-order valence-corrected chi connectivity index (χ2v) is 3.22. The number of amides is 1. The fraction of sp³-hybridized carbons (Fsp3) is 0.125. The summed E-state index contributed by atoms with van der Waals surface area (Å²) in [5.41, 5.74) is -1.75. The first kappa shape index (κ1) is 12.3. The van der Waals surface area contributed by atoms with Gasteiger partial charge in [-0.25, -0.2) is 4.39 Å². The number of halogens is 3. The average Bonchev–Trinajstić information content (AvgIpc) is 2.13. The number of hydrogen-bond donors (Lipinski definition) is 1. The Labute approximate surface area is 93.2 Å². The zero-order chi connectivity index (χ0) is 12.5. The smallest absolute Gasteiger partial charge is 0.319 e. The second kappa shape index (κ2) is 4.40. The van der Waals surface area contributed by atoms with Gasteiger partial charge in [0.1, 0.15) is 5.69 Å². The van der Waals surface area contributed by atoms with Crippen molar-refractivity contribution in [2.75, 3.05) is 5.32 Å². The summed E-state index contributed by atoms with van der Waals surface area (Å²) < 4.78 is 26.0. The highest BCUT2D eigenvalue weighted by atomic mass is 35.5. The van der Waals surface area contributed by atoms with E-state index in [0.29, 0.717) is 6.07 Å². The molecule has 0 bridgehead atoms. The van der Waals surface area contributed by atoms with E-state index in [1.165, 1.54) is 0 Å². The molecule has 16 heavy (non-hydrogen) atoms. The molecule has 86 valence electrons. The minimum absolute atomic E-state index is 0.444. The summed E-state index contributed by atoms with van der Waals surface area (Å²) >= 11 is 5.47. The van der Waals surface area contributed by atoms with Gasteiger partial charge in [-0.2, -0.15) is 4.39 Å². The number of carbonyl (C=O) groups is 1. The van der Waals surface area contributed by atoms with Gasteiger partial charge in [-0.05, 0) is 6.07 Å². The Balaban J connectivity index is 3.50. The van der Waals surface area contributed by atoms with Crippen molar-refractivity contribution in [3.8, 4) is 0 Å². The molecule has 0 saturated carbocycles. The van der Waals surface area contributed by atoms with E-state index in [9.17, 15) is 23.7 Å². The molecular formula is C8H5ClF2N2O3. The number of nitro groups is 1. The van der Waals surface area contributed by atoms with E-state index in [-0.39, 0.29) is 0 Å². The van der Waals surface area contributed by atoms with Crippen LogP contribution in [0.5, 0.6) is 0 Å². The summed E-state index contributed by atoms with van der Waals surface area (Å²) in [5, 5.41) is 12.0. The molecule has 0 aliphatic carbocycles. The Bertz CT molecular complexity index is 479. The molecular weight excluding hydrogens is 246 g/mol. The van der Waals surface area contributed by atoms with Crippen molar-refractivity contribution in [1.82, 2.24) is 0 Å². The normalized spacial score (nSPS) is 10.0. The van der Waals surface area contributed by atoms with Gasteiger partial charge in [-0.1, -0.05) is 11.6 Å². The van der Waals surface area contributed by atoms with E-state index in [4.69, 9.17) is 11.6 Å². The molecule has 0 aliphatic heterocycles. The zero-order valence-corrected chi connectivity index (χ0v) is 8.64. The summed E-state index contributed by atoms with van der Waals surface area (Å²) in [6, 6.07) is 0.551. The minimum atomic E-state index is -1.67. The predicted octanol–water partition coefficient (Wildman–Crippen LogP) is 2.48. The number of nitrogens with one attached hydrogen (secondary N) is 1. The first-order valence-corrected chi connectivity index (χ1v) is 4.32. The van der Waals surface area contributed by atoms with Crippen LogP contribution in [-0.4, -0.2) is 10.8 Å². The standard InChI is InChI=1S/C8H5ClF2N2O3/c1-3(14)12-7-4(9)2-5(10)6(11)8(7)13(15)16/h2H,1H3,(H,12,14). The highest BCUT2D eigenvalue weighted by Gasteiger charge is 2.27. The maximum absolute atomic E-state index is 13.1. The number of benzene rings is 1. The third-order valence-corrected chi connectivity index (χ3v) is 1.93. The van der Waals surface area contributed by atoms with Crippen molar-refractivity contribution in [2.24, 2.45) is 0 Å². The van der Waals surface area contributed by atoms with E-state index < -0.39 is 38.9 Å². The number of nitrogens with zero attached hydrogens (tertiary/aromatic N) is 1. The van der Waals surface area contributed by atoms with Crippen molar-refractivity contribution in [1.29, 1.82) is 0 Å². The van der Waals surface area contributed by atoms with Crippen LogP contribution in [0.25, 0.3) is 0 Å². The van der Waals surface area contributed by atoms with Gasteiger partial charge in [-0.15, -0.1) is 0 Å². The van der Waals surface area contributed by atoms with Crippen molar-refractivity contribution in [3.63, 3.8) is 0 Å². The minimum Gasteiger partial charge on any atom is -0.319 e. The Morgan fingerprint density at radius 2 is 2.12 bits per heavy atom. The lowest BCUT2D eigenvalue weighted by Crippen LogP contribution is -2.10. The maximum Gasteiger partial charge on any atom is 0.332 e. The topological polar surface area (TPSA) is 72.2 Å². The van der Waals surface area contributed by atoms with Crippen molar-refractivity contribution < 1.29 is 18.5 Å². The second-order valence-electron chi connectivity index (χ2n) is 2.82. The Morgan fingerprint density at radius 3 is 2.56 bits per heavy atom. The largest absolute Gasteiger partial charge is 0.332 e. The lowest BCUT2D eigenvalue weighted by Gasteiger charge is -2.06. The van der Waals surface area contributed by atoms with E-state index >= 15 is 0 Å². The molecule has 1 aromatic carbocycles. The fourth-order valence-corrected chi connectivity index (χ4v) is 1.28. The van der Waals surface area contributed by atoms with E-state index in [1.807, 2.05) is 5.32 Å². The van der Waals surface area contributed by atoms with Crippen molar-refractivity contribution in [3.05, 3.63) is 32.8 Å². The van der Waals surface area contributed by atoms with Gasteiger partial charge in [0.25, 0.3) is 0 Å². The molecule has 0 spiro atoms. The molecule has 0 aromatic heterocycles. The molecule has 1 amide bonds.